The van der Waals surface area contributed by atoms with Crippen LogP contribution in [0, 0.1) is 0 Å². The van der Waals surface area contributed by atoms with Crippen molar-refractivity contribution < 1.29 is 0 Å². The number of rotatable bonds is 3. The zero-order chi connectivity index (χ0) is 11.5. The summed E-state index contributed by atoms with van der Waals surface area (Å²) in [5.74, 6) is 0. The van der Waals surface area contributed by atoms with Crippen LogP contribution in [0.5, 0.6) is 0 Å². The predicted octanol–water partition coefficient (Wildman–Crippen LogP) is 1.38. The lowest BCUT2D eigenvalue weighted by Crippen LogP contribution is -2.05. The number of aryl methyl sites for hydroxylation is 1. The molecule has 0 saturated carbocycles. The molecule has 6 heteroatoms. The highest BCUT2D eigenvalue weighted by molar-refractivity contribution is 7.99. The standard InChI is InChI=1S/C10H13N5S/c1-7(11)8-3-4-9(12-5-8)16-10-13-6-14-15(10)2/h3-7H,11H2,1-2H3. The molecule has 1 atom stereocenters. The van der Waals surface area contributed by atoms with Gasteiger partial charge in [0.2, 0.25) is 0 Å². The zero-order valence-corrected chi connectivity index (χ0v) is 9.98. The first-order chi connectivity index (χ1) is 7.66. The van der Waals surface area contributed by atoms with Crippen molar-refractivity contribution in [2.24, 2.45) is 12.8 Å². The number of hydrogen-bond acceptors (Lipinski definition) is 5. The Bertz CT molecular complexity index is 462. The molecule has 0 aliphatic carbocycles. The third-order valence-electron chi connectivity index (χ3n) is 2.15. The molecule has 0 radical (unpaired) electrons. The van der Waals surface area contributed by atoms with Crippen LogP contribution in [0.3, 0.4) is 0 Å². The van der Waals surface area contributed by atoms with Crippen molar-refractivity contribution in [1.29, 1.82) is 0 Å². The summed E-state index contributed by atoms with van der Waals surface area (Å²) in [5, 5.41) is 5.71. The lowest BCUT2D eigenvalue weighted by molar-refractivity contribution is 0.684. The monoisotopic (exact) mass is 235 g/mol. The van der Waals surface area contributed by atoms with Gasteiger partial charge in [-0.25, -0.2) is 14.6 Å². The first kappa shape index (κ1) is 11.1. The third kappa shape index (κ3) is 2.40. The normalized spacial score (nSPS) is 12.7. The van der Waals surface area contributed by atoms with E-state index in [9.17, 15) is 0 Å². The number of hydrogen-bond donors (Lipinski definition) is 1. The van der Waals surface area contributed by atoms with E-state index in [0.717, 1.165) is 15.7 Å². The molecule has 0 bridgehead atoms. The minimum absolute atomic E-state index is 0.0152. The van der Waals surface area contributed by atoms with Crippen LogP contribution in [0.4, 0.5) is 0 Å². The average molecular weight is 235 g/mol. The van der Waals surface area contributed by atoms with Crippen LogP contribution in [-0.4, -0.2) is 19.7 Å². The molecule has 16 heavy (non-hydrogen) atoms. The smallest absolute Gasteiger partial charge is 0.192 e. The molecular weight excluding hydrogens is 222 g/mol. The Hall–Kier alpha value is -1.40. The maximum absolute atomic E-state index is 5.75. The van der Waals surface area contributed by atoms with Crippen LogP contribution in [0.15, 0.2) is 34.8 Å². The fourth-order valence-electron chi connectivity index (χ4n) is 1.19. The predicted molar refractivity (Wildman–Crippen MR) is 62.0 cm³/mol. The van der Waals surface area contributed by atoms with Crippen molar-refractivity contribution in [3.63, 3.8) is 0 Å². The molecule has 2 N–H and O–H groups in total. The van der Waals surface area contributed by atoms with Crippen molar-refractivity contribution in [2.75, 3.05) is 0 Å². The first-order valence-electron chi connectivity index (χ1n) is 4.90. The summed E-state index contributed by atoms with van der Waals surface area (Å²) in [6.07, 6.45) is 3.32. The summed E-state index contributed by atoms with van der Waals surface area (Å²) >= 11 is 1.48. The van der Waals surface area contributed by atoms with Gasteiger partial charge in [-0.05, 0) is 30.3 Å². The molecule has 0 aliphatic rings. The molecule has 2 heterocycles. The van der Waals surface area contributed by atoms with E-state index in [0.29, 0.717) is 0 Å². The van der Waals surface area contributed by atoms with Crippen LogP contribution >= 0.6 is 11.8 Å². The molecule has 0 amide bonds. The molecule has 5 nitrogen and oxygen atoms in total. The van der Waals surface area contributed by atoms with Gasteiger partial charge in [-0.15, -0.1) is 0 Å². The highest BCUT2D eigenvalue weighted by Gasteiger charge is 2.05. The Labute approximate surface area is 98.1 Å². The van der Waals surface area contributed by atoms with Gasteiger partial charge in [0, 0.05) is 19.3 Å². The van der Waals surface area contributed by atoms with Crippen molar-refractivity contribution in [2.45, 2.75) is 23.1 Å². The number of aromatic nitrogens is 4. The third-order valence-corrected chi connectivity index (χ3v) is 3.15. The second-order valence-electron chi connectivity index (χ2n) is 3.49. The molecule has 0 spiro atoms. The van der Waals surface area contributed by atoms with Crippen LogP contribution in [0.25, 0.3) is 0 Å². The SMILES string of the molecule is CC(N)c1ccc(Sc2ncnn2C)nc1. The molecule has 2 aromatic rings. The first-order valence-corrected chi connectivity index (χ1v) is 5.72. The zero-order valence-electron chi connectivity index (χ0n) is 9.16. The van der Waals surface area contributed by atoms with Crippen molar-refractivity contribution in [3.8, 4) is 0 Å². The lowest BCUT2D eigenvalue weighted by atomic mass is 10.2. The molecular formula is C10H13N5S. The molecule has 0 aromatic carbocycles. The van der Waals surface area contributed by atoms with Gasteiger partial charge in [-0.1, -0.05) is 6.07 Å². The summed E-state index contributed by atoms with van der Waals surface area (Å²) < 4.78 is 1.71. The van der Waals surface area contributed by atoms with E-state index < -0.39 is 0 Å². The van der Waals surface area contributed by atoms with E-state index in [1.54, 1.807) is 10.9 Å². The Kier molecular flexibility index (Phi) is 3.21. The molecule has 0 fully saturated rings. The summed E-state index contributed by atoms with van der Waals surface area (Å²) in [4.78, 5) is 8.44. The number of nitrogens with zero attached hydrogens (tertiary/aromatic N) is 4. The molecule has 84 valence electrons. The highest BCUT2D eigenvalue weighted by Crippen LogP contribution is 2.23. The van der Waals surface area contributed by atoms with Crippen molar-refractivity contribution in [3.05, 3.63) is 30.2 Å². The van der Waals surface area contributed by atoms with Gasteiger partial charge in [0.05, 0.1) is 0 Å². The molecule has 2 aromatic heterocycles. The fraction of sp³-hybridized carbons (Fsp3) is 0.300. The molecule has 1 unspecified atom stereocenters. The van der Waals surface area contributed by atoms with Crippen LogP contribution in [0.1, 0.15) is 18.5 Å². The summed E-state index contributed by atoms with van der Waals surface area (Å²) in [5.41, 5.74) is 6.78. The molecule has 0 saturated heterocycles. The molecule has 0 aliphatic heterocycles. The summed E-state index contributed by atoms with van der Waals surface area (Å²) in [6.45, 7) is 1.94. The van der Waals surface area contributed by atoms with E-state index in [-0.39, 0.29) is 6.04 Å². The van der Waals surface area contributed by atoms with E-state index in [1.807, 2.05) is 26.1 Å². The maximum atomic E-state index is 5.75. The van der Waals surface area contributed by atoms with E-state index in [2.05, 4.69) is 15.1 Å². The minimum Gasteiger partial charge on any atom is -0.324 e. The highest BCUT2D eigenvalue weighted by atomic mass is 32.2. The Morgan fingerprint density at radius 1 is 1.38 bits per heavy atom. The minimum atomic E-state index is 0.0152. The van der Waals surface area contributed by atoms with E-state index >= 15 is 0 Å². The van der Waals surface area contributed by atoms with Crippen LogP contribution in [-0.2, 0) is 7.05 Å². The summed E-state index contributed by atoms with van der Waals surface area (Å²) in [6, 6.07) is 3.94. The largest absolute Gasteiger partial charge is 0.324 e. The van der Waals surface area contributed by atoms with Crippen molar-refractivity contribution >= 4 is 11.8 Å². The van der Waals surface area contributed by atoms with Gasteiger partial charge >= 0.3 is 0 Å². The average Bonchev–Trinajstić information content (AvgIpc) is 2.65. The van der Waals surface area contributed by atoms with Gasteiger partial charge in [-0.2, -0.15) is 5.10 Å². The van der Waals surface area contributed by atoms with Gasteiger partial charge in [-0.3, -0.25) is 0 Å². The second kappa shape index (κ2) is 4.63. The van der Waals surface area contributed by atoms with Crippen molar-refractivity contribution in [1.82, 2.24) is 19.7 Å². The molecule has 2 rings (SSSR count). The van der Waals surface area contributed by atoms with E-state index in [4.69, 9.17) is 5.73 Å². The number of pyridine rings is 1. The Balaban J connectivity index is 2.14. The van der Waals surface area contributed by atoms with Gasteiger partial charge in [0.15, 0.2) is 5.16 Å². The lowest BCUT2D eigenvalue weighted by Gasteiger charge is -2.05. The van der Waals surface area contributed by atoms with Gasteiger partial charge < -0.3 is 5.73 Å². The van der Waals surface area contributed by atoms with E-state index in [1.165, 1.54) is 18.1 Å². The van der Waals surface area contributed by atoms with Crippen LogP contribution < -0.4 is 5.73 Å². The quantitative estimate of drug-likeness (QED) is 0.870. The van der Waals surface area contributed by atoms with Gasteiger partial charge in [0.1, 0.15) is 11.4 Å². The second-order valence-corrected chi connectivity index (χ2v) is 4.47. The summed E-state index contributed by atoms with van der Waals surface area (Å²) in [7, 11) is 1.85. The number of nitrogens with two attached hydrogens (primary N) is 1. The Morgan fingerprint density at radius 2 is 2.19 bits per heavy atom. The maximum Gasteiger partial charge on any atom is 0.192 e. The topological polar surface area (TPSA) is 69.6 Å². The fourth-order valence-corrected chi connectivity index (χ4v) is 1.90. The Morgan fingerprint density at radius 3 is 2.69 bits per heavy atom. The van der Waals surface area contributed by atoms with Crippen LogP contribution in [0.2, 0.25) is 0 Å². The van der Waals surface area contributed by atoms with Gasteiger partial charge in [0.25, 0.3) is 0 Å².